The largest absolute Gasteiger partial charge is 0.342 e. The third kappa shape index (κ3) is 3.21. The molecule has 3 rings (SSSR count). The second-order valence-electron chi connectivity index (χ2n) is 6.23. The van der Waals surface area contributed by atoms with Gasteiger partial charge in [-0.05, 0) is 25.0 Å². The molecule has 1 fully saturated rings. The molecule has 1 aromatic carbocycles. The van der Waals surface area contributed by atoms with E-state index in [4.69, 9.17) is 0 Å². The van der Waals surface area contributed by atoms with Crippen LogP contribution in [0.2, 0.25) is 0 Å². The van der Waals surface area contributed by atoms with Crippen molar-refractivity contribution in [2.75, 3.05) is 32.1 Å². The van der Waals surface area contributed by atoms with Gasteiger partial charge in [-0.2, -0.15) is 5.26 Å². The summed E-state index contributed by atoms with van der Waals surface area (Å²) < 4.78 is 25.5. The molecular weight excluding hydrogens is 354 g/mol. The fourth-order valence-corrected chi connectivity index (χ4v) is 3.75. The number of nitrogens with zero attached hydrogens (tertiary/aromatic N) is 4. The Hall–Kier alpha value is -2.70. The van der Waals surface area contributed by atoms with E-state index in [0.29, 0.717) is 11.5 Å². The fraction of sp³-hybridized carbons (Fsp3) is 0.353. The van der Waals surface area contributed by atoms with Crippen LogP contribution in [0.3, 0.4) is 0 Å². The van der Waals surface area contributed by atoms with Gasteiger partial charge in [0.1, 0.15) is 11.6 Å². The maximum Gasteiger partial charge on any atom is 0.270 e. The van der Waals surface area contributed by atoms with E-state index in [1.807, 2.05) is 11.0 Å². The second kappa shape index (κ2) is 6.90. The Bertz CT molecular complexity index is 1010. The number of anilines is 1. The molecule has 1 aliphatic heterocycles. The van der Waals surface area contributed by atoms with E-state index in [1.165, 1.54) is 26.2 Å². The molecule has 0 saturated carbocycles. The van der Waals surface area contributed by atoms with E-state index in [-0.39, 0.29) is 16.2 Å². The Kier molecular flexibility index (Phi) is 4.80. The Balaban J connectivity index is 2.08. The minimum absolute atomic E-state index is 0.0869. The number of hydrogen-bond donors (Lipinski definition) is 1. The van der Waals surface area contributed by atoms with E-state index < -0.39 is 15.6 Å². The molecule has 1 aliphatic rings. The summed E-state index contributed by atoms with van der Waals surface area (Å²) in [5.74, 6) is 0.437. The predicted molar refractivity (Wildman–Crippen MR) is 97.3 cm³/mol. The standard InChI is InChI=1S/C17H19N5O3S/c1-21(2)26(24,25)13-7-5-12(6-8-13)15-14(11-18)16(23)20-17(19-15)22-9-3-4-10-22/h5-8H,3-4,9-10H2,1-2H3,(H,19,20,23). The van der Waals surface area contributed by atoms with E-state index in [1.54, 1.807) is 12.1 Å². The zero-order valence-electron chi connectivity index (χ0n) is 14.6. The maximum atomic E-state index is 12.3. The van der Waals surface area contributed by atoms with Crippen LogP contribution in [-0.4, -0.2) is 49.9 Å². The van der Waals surface area contributed by atoms with Crippen molar-refractivity contribution in [3.05, 3.63) is 40.2 Å². The van der Waals surface area contributed by atoms with Gasteiger partial charge < -0.3 is 4.90 Å². The molecule has 9 heteroatoms. The topological polar surface area (TPSA) is 110 Å². The van der Waals surface area contributed by atoms with E-state index in [0.717, 1.165) is 30.2 Å². The van der Waals surface area contributed by atoms with Crippen molar-refractivity contribution in [3.8, 4) is 17.3 Å². The molecule has 0 unspecified atom stereocenters. The Morgan fingerprint density at radius 1 is 1.19 bits per heavy atom. The van der Waals surface area contributed by atoms with Crippen LogP contribution >= 0.6 is 0 Å². The van der Waals surface area contributed by atoms with Crippen LogP contribution in [0.25, 0.3) is 11.3 Å². The molecule has 0 radical (unpaired) electrons. The summed E-state index contributed by atoms with van der Waals surface area (Å²) in [6, 6.07) is 7.91. The Morgan fingerprint density at radius 3 is 2.35 bits per heavy atom. The van der Waals surface area contributed by atoms with E-state index in [2.05, 4.69) is 9.97 Å². The van der Waals surface area contributed by atoms with Gasteiger partial charge in [0, 0.05) is 32.7 Å². The van der Waals surface area contributed by atoms with Crippen molar-refractivity contribution >= 4 is 16.0 Å². The molecular formula is C17H19N5O3S. The summed E-state index contributed by atoms with van der Waals surface area (Å²) in [6.07, 6.45) is 2.05. The summed E-state index contributed by atoms with van der Waals surface area (Å²) in [5.41, 5.74) is 0.193. The predicted octanol–water partition coefficient (Wildman–Crippen LogP) is 1.16. The summed E-state index contributed by atoms with van der Waals surface area (Å²) >= 11 is 0. The Morgan fingerprint density at radius 2 is 1.81 bits per heavy atom. The number of H-pyrrole nitrogens is 1. The van der Waals surface area contributed by atoms with Crippen LogP contribution in [0.15, 0.2) is 34.0 Å². The van der Waals surface area contributed by atoms with Gasteiger partial charge in [0.2, 0.25) is 16.0 Å². The summed E-state index contributed by atoms with van der Waals surface area (Å²) in [5, 5.41) is 9.35. The summed E-state index contributed by atoms with van der Waals surface area (Å²) in [6.45, 7) is 1.60. The first-order chi connectivity index (χ1) is 12.3. The molecule has 0 bridgehead atoms. The van der Waals surface area contributed by atoms with Crippen LogP contribution in [0.4, 0.5) is 5.95 Å². The van der Waals surface area contributed by atoms with Crippen LogP contribution < -0.4 is 10.5 Å². The lowest BCUT2D eigenvalue weighted by Gasteiger charge is -2.17. The lowest BCUT2D eigenvalue weighted by molar-refractivity contribution is 0.521. The first kappa shape index (κ1) is 18.1. The fourth-order valence-electron chi connectivity index (χ4n) is 2.85. The molecule has 1 saturated heterocycles. The van der Waals surface area contributed by atoms with Crippen molar-refractivity contribution in [3.63, 3.8) is 0 Å². The smallest absolute Gasteiger partial charge is 0.270 e. The first-order valence-corrected chi connectivity index (χ1v) is 9.61. The maximum absolute atomic E-state index is 12.3. The average molecular weight is 373 g/mol. The van der Waals surface area contributed by atoms with Crippen LogP contribution in [0, 0.1) is 11.3 Å². The molecule has 136 valence electrons. The molecule has 26 heavy (non-hydrogen) atoms. The second-order valence-corrected chi connectivity index (χ2v) is 8.38. The van der Waals surface area contributed by atoms with Gasteiger partial charge in [-0.15, -0.1) is 0 Å². The Labute approximate surface area is 151 Å². The van der Waals surface area contributed by atoms with Gasteiger partial charge in [-0.25, -0.2) is 17.7 Å². The zero-order chi connectivity index (χ0) is 18.9. The van der Waals surface area contributed by atoms with Crippen LogP contribution in [0.1, 0.15) is 18.4 Å². The van der Waals surface area contributed by atoms with Crippen molar-refractivity contribution in [1.82, 2.24) is 14.3 Å². The molecule has 1 N–H and O–H groups in total. The molecule has 0 spiro atoms. The van der Waals surface area contributed by atoms with E-state index in [9.17, 15) is 18.5 Å². The molecule has 0 aliphatic carbocycles. The number of sulfonamides is 1. The normalized spacial score (nSPS) is 14.6. The van der Waals surface area contributed by atoms with Crippen LogP contribution in [0.5, 0.6) is 0 Å². The van der Waals surface area contributed by atoms with Crippen molar-refractivity contribution in [2.24, 2.45) is 0 Å². The quantitative estimate of drug-likeness (QED) is 0.861. The lowest BCUT2D eigenvalue weighted by Crippen LogP contribution is -2.25. The molecule has 2 heterocycles. The highest BCUT2D eigenvalue weighted by Gasteiger charge is 2.21. The van der Waals surface area contributed by atoms with Crippen LogP contribution in [-0.2, 0) is 10.0 Å². The minimum Gasteiger partial charge on any atom is -0.342 e. The van der Waals surface area contributed by atoms with Gasteiger partial charge in [0.25, 0.3) is 5.56 Å². The monoisotopic (exact) mass is 373 g/mol. The third-order valence-electron chi connectivity index (χ3n) is 4.33. The van der Waals surface area contributed by atoms with Gasteiger partial charge >= 0.3 is 0 Å². The van der Waals surface area contributed by atoms with E-state index >= 15 is 0 Å². The third-order valence-corrected chi connectivity index (χ3v) is 6.16. The van der Waals surface area contributed by atoms with Gasteiger partial charge in [0.15, 0.2) is 0 Å². The van der Waals surface area contributed by atoms with Crippen molar-refractivity contribution < 1.29 is 8.42 Å². The van der Waals surface area contributed by atoms with Crippen molar-refractivity contribution in [1.29, 1.82) is 5.26 Å². The molecule has 1 aromatic heterocycles. The highest BCUT2D eigenvalue weighted by molar-refractivity contribution is 7.89. The number of hydrogen-bond acceptors (Lipinski definition) is 6. The summed E-state index contributed by atoms with van der Waals surface area (Å²) in [4.78, 5) is 21.5. The first-order valence-electron chi connectivity index (χ1n) is 8.17. The molecule has 8 nitrogen and oxygen atoms in total. The molecule has 0 atom stereocenters. The SMILES string of the molecule is CN(C)S(=O)(=O)c1ccc(-c2nc(N3CCCC3)[nH]c(=O)c2C#N)cc1. The zero-order valence-corrected chi connectivity index (χ0v) is 15.4. The number of nitrogens with one attached hydrogen (secondary N) is 1. The number of aromatic nitrogens is 2. The van der Waals surface area contributed by atoms with Gasteiger partial charge in [0.05, 0.1) is 10.6 Å². The molecule has 0 amide bonds. The number of nitriles is 1. The average Bonchev–Trinajstić information content (AvgIpc) is 3.15. The highest BCUT2D eigenvalue weighted by atomic mass is 32.2. The van der Waals surface area contributed by atoms with Gasteiger partial charge in [-0.1, -0.05) is 12.1 Å². The summed E-state index contributed by atoms with van der Waals surface area (Å²) in [7, 11) is -0.637. The van der Waals surface area contributed by atoms with Gasteiger partial charge in [-0.3, -0.25) is 9.78 Å². The minimum atomic E-state index is -3.55. The van der Waals surface area contributed by atoms with Crippen molar-refractivity contribution in [2.45, 2.75) is 17.7 Å². The lowest BCUT2D eigenvalue weighted by atomic mass is 10.1. The number of aromatic amines is 1. The highest BCUT2D eigenvalue weighted by Crippen LogP contribution is 2.24. The molecule has 2 aromatic rings. The number of benzene rings is 1. The number of rotatable bonds is 4.